The van der Waals surface area contributed by atoms with Gasteiger partial charge in [0.05, 0.1) is 34.6 Å². The first-order valence-electron chi connectivity index (χ1n) is 17.5. The number of halogens is 1. The number of pyridine rings is 1. The summed E-state index contributed by atoms with van der Waals surface area (Å²) in [6, 6.07) is 27.0. The number of thioether (sulfide) groups is 1. The Morgan fingerprint density at radius 3 is 2.13 bits per heavy atom. The van der Waals surface area contributed by atoms with E-state index >= 15 is 0 Å². The molecule has 1 unspecified atom stereocenters. The fraction of sp³-hybridized carbons (Fsp3) is 0.140. The number of fused-ring (bicyclic) bond motifs is 3. The number of ketones is 2. The minimum Gasteiger partial charge on any atom is -0.293 e. The second kappa shape index (κ2) is 12.9. The zero-order chi connectivity index (χ0) is 37.4. The van der Waals surface area contributed by atoms with Crippen LogP contribution in [0.3, 0.4) is 0 Å². The van der Waals surface area contributed by atoms with Gasteiger partial charge < -0.3 is 0 Å². The van der Waals surface area contributed by atoms with E-state index in [0.717, 1.165) is 33.8 Å². The van der Waals surface area contributed by atoms with Gasteiger partial charge in [-0.15, -0.1) is 11.8 Å². The number of imide groups is 2. The maximum atomic E-state index is 14.1. The summed E-state index contributed by atoms with van der Waals surface area (Å²) in [5.41, 5.74) is 2.76. The molecule has 11 heteroatoms. The summed E-state index contributed by atoms with van der Waals surface area (Å²) in [6.07, 6.45) is 2.04. The summed E-state index contributed by atoms with van der Waals surface area (Å²) in [7, 11) is 0. The van der Waals surface area contributed by atoms with Crippen molar-refractivity contribution in [3.8, 4) is 0 Å². The molecule has 9 nitrogen and oxygen atoms in total. The average Bonchev–Trinajstić information content (AvgIpc) is 3.57. The molecule has 9 rings (SSSR count). The van der Waals surface area contributed by atoms with Crippen molar-refractivity contribution in [3.05, 3.63) is 147 Å². The third kappa shape index (κ3) is 5.12. The summed E-state index contributed by atoms with van der Waals surface area (Å²) < 4.78 is 0. The highest BCUT2D eigenvalue weighted by Gasteiger charge is 2.43. The molecule has 2 aliphatic heterocycles. The molecule has 0 spiro atoms. The number of nitrogens with zero attached hydrogens (tertiary/aromatic N) is 3. The van der Waals surface area contributed by atoms with Crippen molar-refractivity contribution in [3.63, 3.8) is 0 Å². The normalized spacial score (nSPS) is 16.3. The van der Waals surface area contributed by atoms with Crippen molar-refractivity contribution in [2.24, 2.45) is 0 Å². The van der Waals surface area contributed by atoms with Gasteiger partial charge >= 0.3 is 0 Å². The molecule has 0 fully saturated rings. The van der Waals surface area contributed by atoms with Gasteiger partial charge in [-0.3, -0.25) is 33.7 Å². The molecule has 5 aromatic carbocycles. The largest absolute Gasteiger partial charge is 0.293 e. The smallest absolute Gasteiger partial charge is 0.266 e. The highest BCUT2D eigenvalue weighted by atomic mass is 35.5. The molecule has 54 heavy (non-hydrogen) atoms. The van der Waals surface area contributed by atoms with E-state index in [9.17, 15) is 28.8 Å². The number of hydrogen-bond acceptors (Lipinski definition) is 8. The van der Waals surface area contributed by atoms with Crippen molar-refractivity contribution in [2.45, 2.75) is 37.1 Å². The molecule has 264 valence electrons. The van der Waals surface area contributed by atoms with Crippen LogP contribution in [0.25, 0.3) is 21.7 Å². The van der Waals surface area contributed by atoms with Crippen LogP contribution < -0.4 is 4.90 Å². The molecule has 1 aromatic heterocycles. The lowest BCUT2D eigenvalue weighted by molar-refractivity contribution is -0.288. The second-order valence-electron chi connectivity index (χ2n) is 13.5. The van der Waals surface area contributed by atoms with Crippen LogP contribution >= 0.6 is 11.8 Å². The minimum absolute atomic E-state index is 0.134. The van der Waals surface area contributed by atoms with E-state index in [-0.39, 0.29) is 45.7 Å². The monoisotopic (exact) mass is 750 g/mol. The SMILES string of the molecule is CCCCSc1ccc2c(c1)C(=O)N(c1ccc(CN3C(=O)c4cccc5cccc(c45)C3=O)c3ccc(C4C(=O)c5ccc([ClH+])cc5C4=O)nc13)C2=O. The van der Waals surface area contributed by atoms with E-state index < -0.39 is 41.1 Å². The summed E-state index contributed by atoms with van der Waals surface area (Å²) >= 11 is 6.88. The molecule has 0 radical (unpaired) electrons. The Morgan fingerprint density at radius 2 is 1.39 bits per heavy atom. The third-order valence-electron chi connectivity index (χ3n) is 10.3. The van der Waals surface area contributed by atoms with Crippen LogP contribution in [0.2, 0.25) is 5.02 Å². The molecule has 3 heterocycles. The van der Waals surface area contributed by atoms with Crippen molar-refractivity contribution in [1.29, 1.82) is 0 Å². The van der Waals surface area contributed by atoms with Crippen LogP contribution in [0, 0.1) is 11.6 Å². The zero-order valence-electron chi connectivity index (χ0n) is 28.8. The fourth-order valence-electron chi connectivity index (χ4n) is 7.65. The number of Topliss-reactive ketones (excluding diaryl/α,β-unsaturated/α-hetero) is 2. The van der Waals surface area contributed by atoms with Gasteiger partial charge in [0.2, 0.25) is 5.02 Å². The Kier molecular flexibility index (Phi) is 8.06. The molecular weight excluding hydrogens is 722 g/mol. The maximum absolute atomic E-state index is 14.1. The fourth-order valence-corrected chi connectivity index (χ4v) is 8.87. The molecule has 6 aromatic rings. The number of hydrogen-bond donors (Lipinski definition) is 0. The van der Waals surface area contributed by atoms with E-state index in [1.807, 2.05) is 18.2 Å². The van der Waals surface area contributed by atoms with Crippen LogP contribution in [0.4, 0.5) is 5.69 Å². The van der Waals surface area contributed by atoms with Crippen molar-refractivity contribution in [2.75, 3.05) is 10.7 Å². The predicted octanol–water partition coefficient (Wildman–Crippen LogP) is 7.74. The number of amides is 4. The van der Waals surface area contributed by atoms with Gasteiger partial charge in [0, 0.05) is 50.1 Å². The molecular formula is C43H29ClN3O6S+. The number of benzene rings is 5. The van der Waals surface area contributed by atoms with Gasteiger partial charge in [-0.05, 0) is 71.7 Å². The summed E-state index contributed by atoms with van der Waals surface area (Å²) in [6.45, 7) is 1.96. The number of anilines is 1. The Bertz CT molecular complexity index is 2680. The Hall–Kier alpha value is -5.97. The number of aromatic nitrogens is 1. The van der Waals surface area contributed by atoms with Gasteiger partial charge in [0.1, 0.15) is 5.92 Å². The third-order valence-corrected chi connectivity index (χ3v) is 11.7. The summed E-state index contributed by atoms with van der Waals surface area (Å²) in [4.78, 5) is 91.2. The van der Waals surface area contributed by atoms with E-state index in [0.29, 0.717) is 32.5 Å². The van der Waals surface area contributed by atoms with Crippen LogP contribution in [-0.2, 0) is 6.54 Å². The van der Waals surface area contributed by atoms with E-state index in [2.05, 4.69) is 6.92 Å². The number of carbonyl (C=O) groups excluding carboxylic acids is 6. The molecule has 3 aliphatic rings. The molecule has 1 aliphatic carbocycles. The van der Waals surface area contributed by atoms with E-state index in [1.54, 1.807) is 84.6 Å². The van der Waals surface area contributed by atoms with Crippen molar-refractivity contribution >= 4 is 74.3 Å². The predicted molar refractivity (Wildman–Crippen MR) is 202 cm³/mol. The van der Waals surface area contributed by atoms with Crippen LogP contribution in [-0.4, -0.2) is 50.8 Å². The quantitative estimate of drug-likeness (QED) is 0.0671. The van der Waals surface area contributed by atoms with Crippen molar-refractivity contribution < 1.29 is 40.4 Å². The Morgan fingerprint density at radius 1 is 0.685 bits per heavy atom. The first-order chi connectivity index (χ1) is 26.2. The lowest BCUT2D eigenvalue weighted by Gasteiger charge is -2.28. The van der Waals surface area contributed by atoms with Gasteiger partial charge in [-0.25, -0.2) is 9.88 Å². The van der Waals surface area contributed by atoms with E-state index in [1.165, 1.54) is 11.0 Å². The number of rotatable bonds is 8. The van der Waals surface area contributed by atoms with Crippen LogP contribution in [0.5, 0.6) is 0 Å². The number of unbranched alkanes of at least 4 members (excludes halogenated alkanes) is 1. The topological polar surface area (TPSA) is 122 Å². The van der Waals surface area contributed by atoms with E-state index in [4.69, 9.17) is 16.6 Å². The lowest BCUT2D eigenvalue weighted by Crippen LogP contribution is -2.39. The van der Waals surface area contributed by atoms with Crippen LogP contribution in [0.1, 0.15) is 99.1 Å². The highest BCUT2D eigenvalue weighted by molar-refractivity contribution is 7.99. The lowest BCUT2D eigenvalue weighted by atomic mass is 9.93. The van der Waals surface area contributed by atoms with Crippen molar-refractivity contribution in [1.82, 2.24) is 9.88 Å². The minimum atomic E-state index is -1.26. The van der Waals surface area contributed by atoms with Gasteiger partial charge in [0.15, 0.2) is 23.2 Å². The summed E-state index contributed by atoms with van der Waals surface area (Å²) in [5, 5.41) is 2.25. The average molecular weight is 751 g/mol. The van der Waals surface area contributed by atoms with Crippen LogP contribution in [0.15, 0.2) is 102 Å². The molecule has 0 saturated heterocycles. The second-order valence-corrected chi connectivity index (χ2v) is 15.1. The Balaban J connectivity index is 1.16. The first-order valence-corrected chi connectivity index (χ1v) is 18.9. The standard InChI is InChI=1S/C43H29ClN3O6S/c1-2-3-18-54-25-12-14-28-32(20-25)43(53)47(42(28)52)34-17-10-23(21-46-40(50)29-8-4-6-22-7-5-9-30(35(22)29)41(46)51)26-15-16-33(45-37(26)34)36-38(48)27-13-11-24(44)19-31(27)39(36)49/h4-17,19-20,36,44H,2-3,18,21H2,1H3/q+1. The molecule has 1 atom stereocenters. The van der Waals surface area contributed by atoms with Gasteiger partial charge in [-0.1, -0.05) is 49.7 Å². The van der Waals surface area contributed by atoms with Gasteiger partial charge in [-0.2, -0.15) is 0 Å². The van der Waals surface area contributed by atoms with Gasteiger partial charge in [0.25, 0.3) is 23.6 Å². The highest BCUT2D eigenvalue weighted by Crippen LogP contribution is 2.40. The first kappa shape index (κ1) is 33.8. The molecule has 0 saturated carbocycles. The number of carbonyl (C=O) groups is 6. The molecule has 0 bridgehead atoms. The molecule has 0 N–H and O–H groups in total. The summed E-state index contributed by atoms with van der Waals surface area (Å²) in [5.74, 6) is -3.24. The zero-order valence-corrected chi connectivity index (χ0v) is 30.4. The Labute approximate surface area is 317 Å². The maximum Gasteiger partial charge on any atom is 0.266 e. The molecule has 4 amide bonds.